The van der Waals surface area contributed by atoms with Gasteiger partial charge < -0.3 is 10.5 Å². The molecule has 0 aliphatic heterocycles. The van der Waals surface area contributed by atoms with Crippen molar-refractivity contribution in [2.45, 2.75) is 61.7 Å². The number of ether oxygens (including phenoxy) is 1. The molecule has 2 fully saturated rings. The van der Waals surface area contributed by atoms with Crippen LogP contribution in [-0.2, 0) is 10.5 Å². The molecule has 2 saturated carbocycles. The Bertz CT molecular complexity index is 1420. The Morgan fingerprint density at radius 2 is 1.50 bits per heavy atom. The van der Waals surface area contributed by atoms with Gasteiger partial charge in [0.15, 0.2) is 11.6 Å². The van der Waals surface area contributed by atoms with Gasteiger partial charge in [-0.05, 0) is 42.7 Å². The molecule has 0 spiro atoms. The summed E-state index contributed by atoms with van der Waals surface area (Å²) >= 11 is 1.43. The minimum absolute atomic E-state index is 0.0354. The number of hydrogen-bond acceptors (Lipinski definition) is 6. The van der Waals surface area contributed by atoms with E-state index < -0.39 is 5.97 Å². The third-order valence-electron chi connectivity index (χ3n) is 8.42. The van der Waals surface area contributed by atoms with Gasteiger partial charge in [0.2, 0.25) is 0 Å². The zero-order chi connectivity index (χ0) is 26.2. The number of rotatable bonds is 5. The van der Waals surface area contributed by atoms with E-state index in [1.54, 1.807) is 30.3 Å². The second kappa shape index (κ2) is 10.4. The number of anilines is 1. The summed E-state index contributed by atoms with van der Waals surface area (Å²) in [5.41, 5.74) is 8.89. The Kier molecular flexibility index (Phi) is 6.83. The average molecular weight is 526 g/mol. The van der Waals surface area contributed by atoms with Crippen LogP contribution in [0.4, 0.5) is 5.69 Å². The number of fused-ring (bicyclic) bond motifs is 3. The number of ketones is 2. The van der Waals surface area contributed by atoms with Crippen LogP contribution in [0, 0.1) is 11.8 Å². The Labute approximate surface area is 227 Å². The predicted molar refractivity (Wildman–Crippen MR) is 149 cm³/mol. The van der Waals surface area contributed by atoms with Crippen molar-refractivity contribution < 1.29 is 19.1 Å². The van der Waals surface area contributed by atoms with Crippen molar-refractivity contribution in [3.8, 4) is 0 Å². The van der Waals surface area contributed by atoms with Gasteiger partial charge >= 0.3 is 5.97 Å². The smallest absolute Gasteiger partial charge is 0.340 e. The fourth-order valence-corrected chi connectivity index (χ4v) is 7.51. The lowest BCUT2D eigenvalue weighted by Crippen LogP contribution is -2.33. The summed E-state index contributed by atoms with van der Waals surface area (Å²) in [5.74, 6) is 0.867. The molecular weight excluding hydrogens is 494 g/mol. The molecule has 0 aromatic heterocycles. The molecule has 194 valence electrons. The highest BCUT2D eigenvalue weighted by Gasteiger charge is 2.37. The summed E-state index contributed by atoms with van der Waals surface area (Å²) in [7, 11) is 0. The number of carbonyl (C=O) groups excluding carboxylic acids is 3. The predicted octanol–water partition coefficient (Wildman–Crippen LogP) is 6.85. The molecule has 3 aliphatic rings. The molecule has 6 rings (SSSR count). The monoisotopic (exact) mass is 525 g/mol. The van der Waals surface area contributed by atoms with Crippen molar-refractivity contribution in [1.29, 1.82) is 0 Å². The van der Waals surface area contributed by atoms with Crippen LogP contribution in [0.15, 0.2) is 65.6 Å². The zero-order valence-corrected chi connectivity index (χ0v) is 22.1. The maximum Gasteiger partial charge on any atom is 0.340 e. The second-order valence-electron chi connectivity index (χ2n) is 10.7. The Morgan fingerprint density at radius 1 is 0.842 bits per heavy atom. The van der Waals surface area contributed by atoms with Crippen LogP contribution in [0.1, 0.15) is 92.7 Å². The van der Waals surface area contributed by atoms with Crippen LogP contribution < -0.4 is 5.73 Å². The van der Waals surface area contributed by atoms with Gasteiger partial charge in [-0.3, -0.25) is 9.59 Å². The highest BCUT2D eigenvalue weighted by Crippen LogP contribution is 2.43. The van der Waals surface area contributed by atoms with Crippen LogP contribution in [0.25, 0.3) is 0 Å². The number of esters is 1. The Morgan fingerprint density at radius 3 is 2.24 bits per heavy atom. The molecule has 2 N–H and O–H groups in total. The van der Waals surface area contributed by atoms with E-state index in [-0.39, 0.29) is 40.0 Å². The number of nitrogen functional groups attached to an aromatic ring is 1. The molecule has 0 radical (unpaired) electrons. The van der Waals surface area contributed by atoms with Crippen LogP contribution in [-0.4, -0.2) is 23.6 Å². The van der Waals surface area contributed by atoms with E-state index in [1.165, 1.54) is 37.4 Å². The largest absolute Gasteiger partial charge is 0.459 e. The van der Waals surface area contributed by atoms with Gasteiger partial charge in [-0.15, -0.1) is 11.8 Å². The van der Waals surface area contributed by atoms with E-state index in [0.29, 0.717) is 27.7 Å². The van der Waals surface area contributed by atoms with Crippen molar-refractivity contribution in [1.82, 2.24) is 0 Å². The number of benzene rings is 3. The first-order valence-electron chi connectivity index (χ1n) is 13.5. The molecule has 5 nitrogen and oxygen atoms in total. The highest BCUT2D eigenvalue weighted by molar-refractivity contribution is 7.98. The van der Waals surface area contributed by atoms with E-state index in [1.807, 2.05) is 30.3 Å². The summed E-state index contributed by atoms with van der Waals surface area (Å²) in [6.07, 6.45) is 7.73. The SMILES string of the molecule is Nc1c(C(=O)O[C@@H]2CC[C@@H]3CCCCC3C2)cc(SCc2ccccc2)c2c1C(=O)c1ccccc1C2=O. The fraction of sp³-hybridized carbons (Fsp3) is 0.344. The third-order valence-corrected chi connectivity index (χ3v) is 9.53. The zero-order valence-electron chi connectivity index (χ0n) is 21.3. The first-order valence-corrected chi connectivity index (χ1v) is 14.5. The highest BCUT2D eigenvalue weighted by atomic mass is 32.2. The van der Waals surface area contributed by atoms with Crippen molar-refractivity contribution in [2.24, 2.45) is 11.8 Å². The van der Waals surface area contributed by atoms with Crippen molar-refractivity contribution in [2.75, 3.05) is 5.73 Å². The Hall–Kier alpha value is -3.38. The summed E-state index contributed by atoms with van der Waals surface area (Å²) in [6, 6.07) is 18.4. The van der Waals surface area contributed by atoms with E-state index in [0.717, 1.165) is 30.7 Å². The molecule has 6 heteroatoms. The molecule has 0 heterocycles. The maximum atomic E-state index is 13.6. The van der Waals surface area contributed by atoms with E-state index in [9.17, 15) is 14.4 Å². The molecule has 0 bridgehead atoms. The molecule has 3 aliphatic carbocycles. The van der Waals surface area contributed by atoms with Crippen LogP contribution >= 0.6 is 11.8 Å². The first kappa shape index (κ1) is 24.9. The number of hydrogen-bond donors (Lipinski definition) is 1. The molecule has 0 saturated heterocycles. The number of nitrogens with two attached hydrogens (primary N) is 1. The molecule has 3 aromatic carbocycles. The quantitative estimate of drug-likeness (QED) is 0.174. The first-order chi connectivity index (χ1) is 18.5. The van der Waals surface area contributed by atoms with E-state index >= 15 is 0 Å². The van der Waals surface area contributed by atoms with E-state index in [4.69, 9.17) is 10.5 Å². The summed E-state index contributed by atoms with van der Waals surface area (Å²) in [6.45, 7) is 0. The Balaban J connectivity index is 1.35. The van der Waals surface area contributed by atoms with Gasteiger partial charge in [-0.2, -0.15) is 0 Å². The molecule has 3 atom stereocenters. The standard InChI is InChI=1S/C32H31NO4S/c33-29-25(32(36)37-22-15-14-20-10-4-5-11-21(20)16-22)17-26(38-18-19-8-2-1-3-9-19)27-28(29)31(35)24-13-7-6-12-23(24)30(27)34/h1-3,6-9,12-13,17,20-22H,4-5,10-11,14-16,18,33H2/t20-,21?,22+/m0/s1. The lowest BCUT2D eigenvalue weighted by Gasteiger charge is -2.38. The lowest BCUT2D eigenvalue weighted by atomic mass is 9.70. The van der Waals surface area contributed by atoms with E-state index in [2.05, 4.69) is 0 Å². The van der Waals surface area contributed by atoms with Gasteiger partial charge in [0.25, 0.3) is 0 Å². The maximum absolute atomic E-state index is 13.6. The topological polar surface area (TPSA) is 86.5 Å². The van der Waals surface area contributed by atoms with Gasteiger partial charge in [-0.25, -0.2) is 4.79 Å². The summed E-state index contributed by atoms with van der Waals surface area (Å²) in [4.78, 5) is 41.4. The van der Waals surface area contributed by atoms with Gasteiger partial charge in [-0.1, -0.05) is 80.3 Å². The van der Waals surface area contributed by atoms with Gasteiger partial charge in [0.05, 0.1) is 16.8 Å². The molecule has 38 heavy (non-hydrogen) atoms. The third kappa shape index (κ3) is 4.55. The van der Waals surface area contributed by atoms with Crippen molar-refractivity contribution in [3.63, 3.8) is 0 Å². The van der Waals surface area contributed by atoms with Gasteiger partial charge in [0.1, 0.15) is 6.10 Å². The minimum Gasteiger partial charge on any atom is -0.459 e. The molecule has 1 unspecified atom stereocenters. The molecule has 3 aromatic rings. The van der Waals surface area contributed by atoms with Crippen LogP contribution in [0.3, 0.4) is 0 Å². The summed E-state index contributed by atoms with van der Waals surface area (Å²) < 4.78 is 6.02. The summed E-state index contributed by atoms with van der Waals surface area (Å²) in [5, 5.41) is 0. The number of carbonyl (C=O) groups is 3. The average Bonchev–Trinajstić information content (AvgIpc) is 2.95. The minimum atomic E-state index is -0.509. The van der Waals surface area contributed by atoms with Crippen molar-refractivity contribution >= 4 is 35.0 Å². The fourth-order valence-electron chi connectivity index (χ4n) is 6.45. The normalized spacial score (nSPS) is 22.3. The van der Waals surface area contributed by atoms with Crippen LogP contribution in [0.2, 0.25) is 0 Å². The lowest BCUT2D eigenvalue weighted by molar-refractivity contribution is -0.000862. The van der Waals surface area contributed by atoms with Crippen LogP contribution in [0.5, 0.6) is 0 Å². The number of thioether (sulfide) groups is 1. The molecular formula is C32H31NO4S. The molecule has 0 amide bonds. The van der Waals surface area contributed by atoms with Crippen molar-refractivity contribution in [3.05, 3.63) is 94.0 Å². The van der Waals surface area contributed by atoms with Gasteiger partial charge in [0, 0.05) is 27.3 Å². The second-order valence-corrected chi connectivity index (χ2v) is 11.7.